The molecule has 0 spiro atoms. The quantitative estimate of drug-likeness (QED) is 0.835. The van der Waals surface area contributed by atoms with E-state index >= 15 is 0 Å². The zero-order chi connectivity index (χ0) is 21.1. The third kappa shape index (κ3) is 4.74. The van der Waals surface area contributed by atoms with Gasteiger partial charge >= 0.3 is 0 Å². The molecule has 1 aliphatic rings. The Hall–Kier alpha value is -2.51. The molecule has 0 saturated heterocycles. The highest BCUT2D eigenvalue weighted by Gasteiger charge is 2.34. The maximum Gasteiger partial charge on any atom is 0.259 e. The molecule has 0 bridgehead atoms. The van der Waals surface area contributed by atoms with Crippen molar-refractivity contribution in [3.05, 3.63) is 47.9 Å². The average Bonchev–Trinajstić information content (AvgIpc) is 2.69. The molecule has 0 unspecified atom stereocenters. The number of ether oxygens (including phenoxy) is 1. The van der Waals surface area contributed by atoms with Gasteiger partial charge in [-0.2, -0.15) is 0 Å². The van der Waals surface area contributed by atoms with Crippen LogP contribution in [0.1, 0.15) is 24.2 Å². The van der Waals surface area contributed by atoms with Gasteiger partial charge in [0.2, 0.25) is 5.88 Å². The second-order valence-corrected chi connectivity index (χ2v) is 7.97. The zero-order valence-electron chi connectivity index (χ0n) is 17.3. The molecule has 0 saturated carbocycles. The molecule has 2 aromatic rings. The van der Waals surface area contributed by atoms with E-state index in [0.29, 0.717) is 29.8 Å². The number of aromatic nitrogens is 1. The third-order valence-electron chi connectivity index (χ3n) is 5.22. The number of aliphatic hydroxyl groups excluding tert-OH is 1. The third-order valence-corrected chi connectivity index (χ3v) is 5.22. The van der Waals surface area contributed by atoms with E-state index in [0.717, 1.165) is 0 Å². The molecule has 2 heterocycles. The van der Waals surface area contributed by atoms with Crippen LogP contribution >= 0.6 is 0 Å². The predicted octanol–water partition coefficient (Wildman–Crippen LogP) is 2.67. The molecule has 1 N–H and O–H groups in total. The summed E-state index contributed by atoms with van der Waals surface area (Å²) in [5.74, 6) is -0.286. The summed E-state index contributed by atoms with van der Waals surface area (Å²) in [5, 5.41) is 9.68. The lowest BCUT2D eigenvalue weighted by atomic mass is 9.99. The lowest BCUT2D eigenvalue weighted by Crippen LogP contribution is -2.49. The van der Waals surface area contributed by atoms with E-state index in [2.05, 4.69) is 4.98 Å². The second kappa shape index (κ2) is 8.88. The first kappa shape index (κ1) is 21.2. The van der Waals surface area contributed by atoms with Crippen molar-refractivity contribution < 1.29 is 19.0 Å². The highest BCUT2D eigenvalue weighted by atomic mass is 19.1. The minimum Gasteiger partial charge on any atom is -0.472 e. The Morgan fingerprint density at radius 2 is 2.10 bits per heavy atom. The van der Waals surface area contributed by atoms with E-state index in [1.165, 1.54) is 12.1 Å². The fourth-order valence-corrected chi connectivity index (χ4v) is 3.51. The van der Waals surface area contributed by atoms with Gasteiger partial charge in [-0.1, -0.05) is 19.1 Å². The van der Waals surface area contributed by atoms with Gasteiger partial charge in [0.05, 0.1) is 12.6 Å². The van der Waals surface area contributed by atoms with Crippen LogP contribution in [-0.2, 0) is 0 Å². The Labute approximate surface area is 170 Å². The lowest BCUT2D eigenvalue weighted by molar-refractivity contribution is 0.0348. The van der Waals surface area contributed by atoms with Gasteiger partial charge in [0.25, 0.3) is 5.91 Å². The van der Waals surface area contributed by atoms with Crippen LogP contribution in [0, 0.1) is 11.7 Å². The van der Waals surface area contributed by atoms with E-state index in [1.807, 2.05) is 32.8 Å². The summed E-state index contributed by atoms with van der Waals surface area (Å²) in [5.41, 5.74) is 1.59. The van der Waals surface area contributed by atoms with E-state index in [4.69, 9.17) is 4.74 Å². The van der Waals surface area contributed by atoms with Gasteiger partial charge in [0.15, 0.2) is 0 Å². The van der Waals surface area contributed by atoms with Crippen LogP contribution in [0.15, 0.2) is 36.5 Å². The van der Waals surface area contributed by atoms with Crippen molar-refractivity contribution in [2.45, 2.75) is 26.0 Å². The Bertz CT molecular complexity index is 874. The number of halogens is 1. The number of carbonyl (C=O) groups is 1. The van der Waals surface area contributed by atoms with Crippen LogP contribution in [0.4, 0.5) is 4.39 Å². The highest BCUT2D eigenvalue weighted by molar-refractivity contribution is 5.98. The van der Waals surface area contributed by atoms with Crippen molar-refractivity contribution in [1.29, 1.82) is 0 Å². The van der Waals surface area contributed by atoms with E-state index < -0.39 is 0 Å². The Morgan fingerprint density at radius 1 is 1.34 bits per heavy atom. The monoisotopic (exact) mass is 401 g/mol. The van der Waals surface area contributed by atoms with Crippen LogP contribution in [0.3, 0.4) is 0 Å². The standard InChI is InChI=1S/C22H28FN3O3/c1-14-11-26(15(2)13-27)22(28)19-9-17(16-6-5-7-18(23)8-16)10-24-21(19)29-20(14)12-25(3)4/h5-10,14-15,20,27H,11-13H2,1-4H3/t14-,15-,20+/m1/s1. The number of fused-ring (bicyclic) bond motifs is 1. The molecule has 3 rings (SSSR count). The summed E-state index contributed by atoms with van der Waals surface area (Å²) in [6.07, 6.45) is 1.43. The molecule has 1 amide bonds. The first-order valence-electron chi connectivity index (χ1n) is 9.79. The van der Waals surface area contributed by atoms with Crippen molar-refractivity contribution in [2.75, 3.05) is 33.8 Å². The number of likely N-dealkylation sites (N-methyl/N-ethyl adjacent to an activating group) is 1. The molecule has 1 aromatic heterocycles. The molecule has 156 valence electrons. The van der Waals surface area contributed by atoms with E-state index in [9.17, 15) is 14.3 Å². The second-order valence-electron chi connectivity index (χ2n) is 7.97. The lowest BCUT2D eigenvalue weighted by Gasteiger charge is -2.37. The highest BCUT2D eigenvalue weighted by Crippen LogP contribution is 2.30. The predicted molar refractivity (Wildman–Crippen MR) is 109 cm³/mol. The first-order chi connectivity index (χ1) is 13.8. The van der Waals surface area contributed by atoms with Crippen LogP contribution in [0.25, 0.3) is 11.1 Å². The molecule has 7 heteroatoms. The summed E-state index contributed by atoms with van der Waals surface area (Å²) >= 11 is 0. The summed E-state index contributed by atoms with van der Waals surface area (Å²) < 4.78 is 19.8. The van der Waals surface area contributed by atoms with Gasteiger partial charge in [-0.05, 0) is 44.8 Å². The van der Waals surface area contributed by atoms with Crippen LogP contribution in [0.2, 0.25) is 0 Å². The fraction of sp³-hybridized carbons (Fsp3) is 0.455. The van der Waals surface area contributed by atoms with Gasteiger partial charge in [-0.25, -0.2) is 9.37 Å². The molecule has 3 atom stereocenters. The largest absolute Gasteiger partial charge is 0.472 e. The average molecular weight is 401 g/mol. The molecule has 1 aliphatic heterocycles. The molecule has 0 aliphatic carbocycles. The van der Waals surface area contributed by atoms with Crippen LogP contribution < -0.4 is 4.74 Å². The molecular weight excluding hydrogens is 373 g/mol. The molecule has 0 radical (unpaired) electrons. The van der Waals surface area contributed by atoms with Crippen molar-refractivity contribution in [3.8, 4) is 17.0 Å². The van der Waals surface area contributed by atoms with Gasteiger partial charge in [0.1, 0.15) is 17.5 Å². The molecule has 6 nitrogen and oxygen atoms in total. The summed E-state index contributed by atoms with van der Waals surface area (Å²) in [4.78, 5) is 21.4. The molecule has 29 heavy (non-hydrogen) atoms. The van der Waals surface area contributed by atoms with Crippen molar-refractivity contribution in [1.82, 2.24) is 14.8 Å². The number of pyridine rings is 1. The van der Waals surface area contributed by atoms with Crippen molar-refractivity contribution in [3.63, 3.8) is 0 Å². The first-order valence-corrected chi connectivity index (χ1v) is 9.79. The van der Waals surface area contributed by atoms with E-state index in [-0.39, 0.29) is 42.3 Å². The number of benzene rings is 1. The topological polar surface area (TPSA) is 65.9 Å². The van der Waals surface area contributed by atoms with Gasteiger partial charge in [0, 0.05) is 30.8 Å². The minimum atomic E-state index is -0.354. The maximum atomic E-state index is 13.7. The molecule has 1 aromatic carbocycles. The molecule has 0 fully saturated rings. The normalized spacial score (nSPS) is 20.7. The maximum absolute atomic E-state index is 13.7. The van der Waals surface area contributed by atoms with Crippen molar-refractivity contribution in [2.24, 2.45) is 5.92 Å². The van der Waals surface area contributed by atoms with Gasteiger partial charge < -0.3 is 19.6 Å². The van der Waals surface area contributed by atoms with Crippen LogP contribution in [0.5, 0.6) is 5.88 Å². The Kier molecular flexibility index (Phi) is 6.49. The zero-order valence-corrected chi connectivity index (χ0v) is 17.3. The van der Waals surface area contributed by atoms with Crippen molar-refractivity contribution >= 4 is 5.91 Å². The van der Waals surface area contributed by atoms with Gasteiger partial charge in [-0.3, -0.25) is 4.79 Å². The molecular formula is C22H28FN3O3. The number of amides is 1. The number of carbonyl (C=O) groups excluding carboxylic acids is 1. The number of hydrogen-bond acceptors (Lipinski definition) is 5. The number of aliphatic hydroxyl groups is 1. The number of rotatable bonds is 5. The van der Waals surface area contributed by atoms with Crippen LogP contribution in [-0.4, -0.2) is 71.7 Å². The fourth-order valence-electron chi connectivity index (χ4n) is 3.51. The minimum absolute atomic E-state index is 0.0493. The summed E-state index contributed by atoms with van der Waals surface area (Å²) in [6.45, 7) is 4.85. The Balaban J connectivity index is 2.08. The van der Waals surface area contributed by atoms with Gasteiger partial charge in [-0.15, -0.1) is 0 Å². The summed E-state index contributed by atoms with van der Waals surface area (Å²) in [6, 6.07) is 7.52. The SMILES string of the molecule is C[C@@H]1CN([C@H](C)CO)C(=O)c2cc(-c3cccc(F)c3)cnc2O[C@H]1CN(C)C. The summed E-state index contributed by atoms with van der Waals surface area (Å²) in [7, 11) is 3.94. The number of nitrogens with zero attached hydrogens (tertiary/aromatic N) is 3. The Morgan fingerprint density at radius 3 is 2.76 bits per heavy atom. The smallest absolute Gasteiger partial charge is 0.259 e. The van der Waals surface area contributed by atoms with E-state index in [1.54, 1.807) is 29.3 Å². The number of hydrogen-bond donors (Lipinski definition) is 1.